The minimum absolute atomic E-state index is 0.221. The number of nitrogens with one attached hydrogen (secondary N) is 1. The Hall–Kier alpha value is -1.65. The lowest BCUT2D eigenvalue weighted by Gasteiger charge is -2.32. The number of likely N-dealkylation sites (tertiary alicyclic amines) is 1. The predicted molar refractivity (Wildman–Crippen MR) is 96.9 cm³/mol. The van der Waals surface area contributed by atoms with Gasteiger partial charge in [0.15, 0.2) is 0 Å². The lowest BCUT2D eigenvalue weighted by molar-refractivity contribution is -0.132. The van der Waals surface area contributed by atoms with E-state index >= 15 is 0 Å². The maximum absolute atomic E-state index is 12.2. The Kier molecular flexibility index (Phi) is 5.69. The zero-order valence-electron chi connectivity index (χ0n) is 14.8. The molecule has 2 aliphatic rings. The molecule has 2 aliphatic heterocycles. The fourth-order valence-electron chi connectivity index (χ4n) is 3.36. The second kappa shape index (κ2) is 7.95. The lowest BCUT2D eigenvalue weighted by Crippen LogP contribution is -2.51. The third-order valence-corrected chi connectivity index (χ3v) is 5.15. The Morgan fingerprint density at radius 2 is 1.92 bits per heavy atom. The zero-order chi connectivity index (χ0) is 16.9. The molecule has 0 atom stereocenters. The highest BCUT2D eigenvalue weighted by atomic mass is 16.5. The lowest BCUT2D eigenvalue weighted by atomic mass is 9.94. The van der Waals surface area contributed by atoms with Crippen molar-refractivity contribution in [1.82, 2.24) is 10.2 Å². The SMILES string of the molecule is Cc1cccc(C)c1C=CC1CCN(C(=O)CNC2COC2)CC1. The summed E-state index contributed by atoms with van der Waals surface area (Å²) in [6, 6.07) is 6.80. The first-order valence-corrected chi connectivity index (χ1v) is 8.97. The van der Waals surface area contributed by atoms with Crippen molar-refractivity contribution in [1.29, 1.82) is 0 Å². The van der Waals surface area contributed by atoms with Gasteiger partial charge in [0.2, 0.25) is 5.91 Å². The third kappa shape index (κ3) is 4.25. The molecule has 1 N–H and O–H groups in total. The van der Waals surface area contributed by atoms with Gasteiger partial charge in [-0.1, -0.05) is 30.4 Å². The molecule has 1 amide bonds. The van der Waals surface area contributed by atoms with Crippen LogP contribution in [0.25, 0.3) is 6.08 Å². The van der Waals surface area contributed by atoms with Gasteiger partial charge in [0.1, 0.15) is 0 Å². The molecule has 0 bridgehead atoms. The van der Waals surface area contributed by atoms with Crippen LogP contribution in [0, 0.1) is 19.8 Å². The van der Waals surface area contributed by atoms with Crippen LogP contribution in [-0.4, -0.2) is 49.7 Å². The summed E-state index contributed by atoms with van der Waals surface area (Å²) in [5.41, 5.74) is 3.98. The molecule has 24 heavy (non-hydrogen) atoms. The summed E-state index contributed by atoms with van der Waals surface area (Å²) in [5, 5.41) is 3.26. The molecule has 3 rings (SSSR count). The molecule has 2 fully saturated rings. The van der Waals surface area contributed by atoms with E-state index in [1.54, 1.807) is 0 Å². The first-order valence-electron chi connectivity index (χ1n) is 8.97. The van der Waals surface area contributed by atoms with Crippen LogP contribution in [0.4, 0.5) is 0 Å². The van der Waals surface area contributed by atoms with Gasteiger partial charge >= 0.3 is 0 Å². The van der Waals surface area contributed by atoms with Gasteiger partial charge in [0.25, 0.3) is 0 Å². The second-order valence-electron chi connectivity index (χ2n) is 7.00. The molecule has 4 heteroatoms. The van der Waals surface area contributed by atoms with Crippen molar-refractivity contribution in [2.45, 2.75) is 32.7 Å². The van der Waals surface area contributed by atoms with Crippen LogP contribution in [0.3, 0.4) is 0 Å². The largest absolute Gasteiger partial charge is 0.378 e. The number of nitrogens with zero attached hydrogens (tertiary/aromatic N) is 1. The van der Waals surface area contributed by atoms with E-state index < -0.39 is 0 Å². The summed E-state index contributed by atoms with van der Waals surface area (Å²) in [6.45, 7) is 7.96. The minimum Gasteiger partial charge on any atom is -0.378 e. The average Bonchev–Trinajstić information content (AvgIpc) is 2.53. The fourth-order valence-corrected chi connectivity index (χ4v) is 3.36. The summed E-state index contributed by atoms with van der Waals surface area (Å²) in [7, 11) is 0. The van der Waals surface area contributed by atoms with Gasteiger partial charge in [-0.05, 0) is 49.3 Å². The summed E-state index contributed by atoms with van der Waals surface area (Å²) in [4.78, 5) is 14.2. The third-order valence-electron chi connectivity index (χ3n) is 5.15. The molecule has 130 valence electrons. The van der Waals surface area contributed by atoms with Crippen LogP contribution in [-0.2, 0) is 9.53 Å². The van der Waals surface area contributed by atoms with E-state index in [9.17, 15) is 4.79 Å². The van der Waals surface area contributed by atoms with Crippen molar-refractivity contribution in [2.75, 3.05) is 32.8 Å². The van der Waals surface area contributed by atoms with Gasteiger partial charge in [-0.15, -0.1) is 0 Å². The van der Waals surface area contributed by atoms with E-state index in [1.807, 2.05) is 4.90 Å². The number of carbonyl (C=O) groups excluding carboxylic acids is 1. The maximum atomic E-state index is 12.2. The van der Waals surface area contributed by atoms with Crippen LogP contribution in [0.2, 0.25) is 0 Å². The Bertz CT molecular complexity index is 579. The quantitative estimate of drug-likeness (QED) is 0.903. The zero-order valence-corrected chi connectivity index (χ0v) is 14.8. The fraction of sp³-hybridized carbons (Fsp3) is 0.550. The predicted octanol–water partition coefficient (Wildman–Crippen LogP) is 2.54. The summed E-state index contributed by atoms with van der Waals surface area (Å²) >= 11 is 0. The van der Waals surface area contributed by atoms with E-state index in [4.69, 9.17) is 4.74 Å². The molecule has 2 heterocycles. The molecule has 0 unspecified atom stereocenters. The number of rotatable bonds is 5. The van der Waals surface area contributed by atoms with Crippen LogP contribution >= 0.6 is 0 Å². The Morgan fingerprint density at radius 3 is 2.50 bits per heavy atom. The number of aryl methyl sites for hydroxylation is 2. The summed E-state index contributed by atoms with van der Waals surface area (Å²) in [5.74, 6) is 0.792. The van der Waals surface area contributed by atoms with Crippen LogP contribution in [0.1, 0.15) is 29.5 Å². The molecular weight excluding hydrogens is 300 g/mol. The Balaban J connectivity index is 1.46. The number of hydrogen-bond acceptors (Lipinski definition) is 3. The average molecular weight is 328 g/mol. The molecule has 0 radical (unpaired) electrons. The molecule has 4 nitrogen and oxygen atoms in total. The number of hydrogen-bond donors (Lipinski definition) is 1. The molecule has 1 aromatic rings. The number of ether oxygens (including phenoxy) is 1. The summed E-state index contributed by atoms with van der Waals surface area (Å²) in [6.07, 6.45) is 6.71. The van der Waals surface area contributed by atoms with E-state index in [2.05, 4.69) is 49.5 Å². The molecule has 1 aromatic carbocycles. The van der Waals surface area contributed by atoms with Crippen molar-refractivity contribution in [2.24, 2.45) is 5.92 Å². The van der Waals surface area contributed by atoms with Crippen molar-refractivity contribution in [3.63, 3.8) is 0 Å². The molecule has 0 aromatic heterocycles. The second-order valence-corrected chi connectivity index (χ2v) is 7.00. The number of allylic oxidation sites excluding steroid dienone is 1. The molecular formula is C20H28N2O2. The van der Waals surface area contributed by atoms with Crippen molar-refractivity contribution < 1.29 is 9.53 Å². The first kappa shape index (κ1) is 17.2. The van der Waals surface area contributed by atoms with Crippen LogP contribution in [0.5, 0.6) is 0 Å². The number of amides is 1. The van der Waals surface area contributed by atoms with Crippen molar-refractivity contribution in [3.8, 4) is 0 Å². The van der Waals surface area contributed by atoms with E-state index in [1.165, 1.54) is 16.7 Å². The smallest absolute Gasteiger partial charge is 0.236 e. The molecule has 0 spiro atoms. The number of carbonyl (C=O) groups is 1. The normalized spacial score (nSPS) is 19.7. The number of benzene rings is 1. The topological polar surface area (TPSA) is 41.6 Å². The highest BCUT2D eigenvalue weighted by molar-refractivity contribution is 5.78. The van der Waals surface area contributed by atoms with E-state index in [0.29, 0.717) is 18.5 Å². The van der Waals surface area contributed by atoms with Crippen LogP contribution < -0.4 is 5.32 Å². The first-order chi connectivity index (χ1) is 11.6. The van der Waals surface area contributed by atoms with Crippen molar-refractivity contribution >= 4 is 12.0 Å². The van der Waals surface area contributed by atoms with E-state index in [0.717, 1.165) is 39.1 Å². The summed E-state index contributed by atoms with van der Waals surface area (Å²) < 4.78 is 5.11. The maximum Gasteiger partial charge on any atom is 0.236 e. The Morgan fingerprint density at radius 1 is 1.25 bits per heavy atom. The van der Waals surface area contributed by atoms with Crippen molar-refractivity contribution in [3.05, 3.63) is 41.0 Å². The monoisotopic (exact) mass is 328 g/mol. The highest BCUT2D eigenvalue weighted by Gasteiger charge is 2.23. The van der Waals surface area contributed by atoms with Gasteiger partial charge in [0.05, 0.1) is 25.8 Å². The van der Waals surface area contributed by atoms with Gasteiger partial charge in [-0.2, -0.15) is 0 Å². The minimum atomic E-state index is 0.221. The molecule has 2 saturated heterocycles. The van der Waals surface area contributed by atoms with Gasteiger partial charge in [-0.25, -0.2) is 0 Å². The van der Waals surface area contributed by atoms with Crippen LogP contribution in [0.15, 0.2) is 24.3 Å². The molecule has 0 aliphatic carbocycles. The molecule has 0 saturated carbocycles. The highest BCUT2D eigenvalue weighted by Crippen LogP contribution is 2.22. The number of piperidine rings is 1. The Labute approximate surface area is 144 Å². The van der Waals surface area contributed by atoms with Gasteiger partial charge in [-0.3, -0.25) is 4.79 Å². The van der Waals surface area contributed by atoms with Gasteiger partial charge < -0.3 is 15.0 Å². The van der Waals surface area contributed by atoms with E-state index in [-0.39, 0.29) is 5.91 Å². The van der Waals surface area contributed by atoms with Gasteiger partial charge in [0, 0.05) is 13.1 Å². The standard InChI is InChI=1S/C20H28N2O2/c1-15-4-3-5-16(2)19(15)7-6-17-8-10-22(11-9-17)20(23)12-21-18-13-24-14-18/h3-7,17-18,21H,8-14H2,1-2H3.